The number of aromatic nitrogens is 3. The SMILES string of the molecule is CCc1c(C(=O)Nc2nc(CN3CCCCC3)cs2)cnn1-c1cccc(Cl)c1. The largest absolute Gasteiger partial charge is 0.298 e. The van der Waals surface area contributed by atoms with Gasteiger partial charge in [-0.15, -0.1) is 11.3 Å². The van der Waals surface area contributed by atoms with Gasteiger partial charge in [-0.1, -0.05) is 31.0 Å². The Morgan fingerprint density at radius 3 is 2.86 bits per heavy atom. The quantitative estimate of drug-likeness (QED) is 0.612. The molecule has 1 aromatic carbocycles. The zero-order valence-electron chi connectivity index (χ0n) is 16.4. The number of nitrogens with zero attached hydrogens (tertiary/aromatic N) is 4. The summed E-state index contributed by atoms with van der Waals surface area (Å²) in [7, 11) is 0. The van der Waals surface area contributed by atoms with Gasteiger partial charge in [0.25, 0.3) is 5.91 Å². The van der Waals surface area contributed by atoms with Gasteiger partial charge in [0.2, 0.25) is 0 Å². The lowest BCUT2D eigenvalue weighted by molar-refractivity contribution is 0.102. The van der Waals surface area contributed by atoms with Gasteiger partial charge >= 0.3 is 0 Å². The summed E-state index contributed by atoms with van der Waals surface area (Å²) in [6, 6.07) is 7.45. The molecule has 4 rings (SSSR count). The fourth-order valence-electron chi connectivity index (χ4n) is 3.68. The highest BCUT2D eigenvalue weighted by Gasteiger charge is 2.19. The van der Waals surface area contributed by atoms with E-state index in [4.69, 9.17) is 11.6 Å². The number of thiazole rings is 1. The molecule has 0 radical (unpaired) electrons. The van der Waals surface area contributed by atoms with Crippen molar-refractivity contribution in [1.29, 1.82) is 0 Å². The summed E-state index contributed by atoms with van der Waals surface area (Å²) in [6.07, 6.45) is 6.11. The van der Waals surface area contributed by atoms with Crippen LogP contribution in [0.4, 0.5) is 5.13 Å². The molecule has 1 amide bonds. The van der Waals surface area contributed by atoms with Crippen molar-refractivity contribution in [1.82, 2.24) is 19.7 Å². The highest BCUT2D eigenvalue weighted by Crippen LogP contribution is 2.22. The van der Waals surface area contributed by atoms with Crippen molar-refractivity contribution >= 4 is 34.0 Å². The van der Waals surface area contributed by atoms with Crippen LogP contribution >= 0.6 is 22.9 Å². The van der Waals surface area contributed by atoms with E-state index >= 15 is 0 Å². The summed E-state index contributed by atoms with van der Waals surface area (Å²) in [5.41, 5.74) is 3.25. The van der Waals surface area contributed by atoms with Crippen LogP contribution < -0.4 is 5.32 Å². The molecular weight excluding hydrogens is 406 g/mol. The van der Waals surface area contributed by atoms with Crippen molar-refractivity contribution < 1.29 is 4.79 Å². The van der Waals surface area contributed by atoms with Crippen molar-refractivity contribution in [2.24, 2.45) is 0 Å². The molecule has 1 aliphatic heterocycles. The molecule has 0 aliphatic carbocycles. The Balaban J connectivity index is 1.47. The number of likely N-dealkylation sites (tertiary alicyclic amines) is 1. The molecule has 3 heterocycles. The first-order valence-corrected chi connectivity index (χ1v) is 11.2. The van der Waals surface area contributed by atoms with Crippen molar-refractivity contribution in [3.05, 3.63) is 57.8 Å². The number of carbonyl (C=O) groups is 1. The zero-order valence-corrected chi connectivity index (χ0v) is 18.0. The van der Waals surface area contributed by atoms with Crippen LogP contribution in [0.5, 0.6) is 0 Å². The van der Waals surface area contributed by atoms with Crippen molar-refractivity contribution in [3.8, 4) is 5.69 Å². The topological polar surface area (TPSA) is 63.1 Å². The number of anilines is 1. The number of rotatable bonds is 6. The summed E-state index contributed by atoms with van der Waals surface area (Å²) in [6.45, 7) is 5.11. The number of hydrogen-bond acceptors (Lipinski definition) is 5. The zero-order chi connectivity index (χ0) is 20.2. The molecule has 6 nitrogen and oxygen atoms in total. The van der Waals surface area contributed by atoms with Crippen LogP contribution in [0.1, 0.15) is 47.9 Å². The van der Waals surface area contributed by atoms with Gasteiger partial charge in [-0.05, 0) is 50.6 Å². The van der Waals surface area contributed by atoms with Gasteiger partial charge in [-0.3, -0.25) is 15.0 Å². The lowest BCUT2D eigenvalue weighted by atomic mass is 10.1. The van der Waals surface area contributed by atoms with Crippen molar-refractivity contribution in [2.75, 3.05) is 18.4 Å². The van der Waals surface area contributed by atoms with Gasteiger partial charge in [0.05, 0.1) is 28.8 Å². The molecule has 3 aromatic rings. The average molecular weight is 430 g/mol. The van der Waals surface area contributed by atoms with Crippen LogP contribution in [0.15, 0.2) is 35.8 Å². The molecule has 0 bridgehead atoms. The standard InChI is InChI=1S/C21H24ClN5OS/c1-2-19-18(12-23-27(19)17-8-6-7-15(22)11-17)20(28)25-21-24-16(14-29-21)13-26-9-4-3-5-10-26/h6-8,11-12,14H,2-5,9-10,13H2,1H3,(H,24,25,28). The van der Waals surface area contributed by atoms with Crippen LogP contribution in [0, 0.1) is 0 Å². The molecule has 0 atom stereocenters. The van der Waals surface area contributed by atoms with Gasteiger partial charge in [0, 0.05) is 16.9 Å². The van der Waals surface area contributed by atoms with E-state index in [1.54, 1.807) is 10.9 Å². The number of carbonyl (C=O) groups excluding carboxylic acids is 1. The first-order chi connectivity index (χ1) is 14.1. The maximum atomic E-state index is 12.9. The summed E-state index contributed by atoms with van der Waals surface area (Å²) in [4.78, 5) is 19.9. The molecule has 1 saturated heterocycles. The van der Waals surface area contributed by atoms with Gasteiger partial charge in [0.15, 0.2) is 5.13 Å². The molecule has 0 unspecified atom stereocenters. The van der Waals surface area contributed by atoms with E-state index in [0.717, 1.165) is 36.7 Å². The Labute approximate surface area is 179 Å². The lowest BCUT2D eigenvalue weighted by Crippen LogP contribution is -2.29. The molecule has 1 fully saturated rings. The summed E-state index contributed by atoms with van der Waals surface area (Å²) in [5, 5.41) is 10.6. The normalized spacial score (nSPS) is 14.8. The van der Waals surface area contributed by atoms with Crippen LogP contribution in [-0.2, 0) is 13.0 Å². The van der Waals surface area contributed by atoms with E-state index in [0.29, 0.717) is 22.1 Å². The fourth-order valence-corrected chi connectivity index (χ4v) is 4.56. The number of halogens is 1. The van der Waals surface area contributed by atoms with Crippen LogP contribution in [0.2, 0.25) is 5.02 Å². The van der Waals surface area contributed by atoms with E-state index in [9.17, 15) is 4.79 Å². The van der Waals surface area contributed by atoms with Crippen LogP contribution in [0.3, 0.4) is 0 Å². The minimum Gasteiger partial charge on any atom is -0.298 e. The molecule has 1 N–H and O–H groups in total. The number of nitrogens with one attached hydrogen (secondary N) is 1. The van der Waals surface area contributed by atoms with Crippen LogP contribution in [-0.4, -0.2) is 38.7 Å². The highest BCUT2D eigenvalue weighted by atomic mass is 35.5. The predicted molar refractivity (Wildman–Crippen MR) is 117 cm³/mol. The summed E-state index contributed by atoms with van der Waals surface area (Å²) < 4.78 is 1.77. The second-order valence-corrected chi connectivity index (χ2v) is 8.48. The smallest absolute Gasteiger partial charge is 0.260 e. The maximum absolute atomic E-state index is 12.9. The van der Waals surface area contributed by atoms with Crippen LogP contribution in [0.25, 0.3) is 5.69 Å². The minimum atomic E-state index is -0.186. The lowest BCUT2D eigenvalue weighted by Gasteiger charge is -2.25. The van der Waals surface area contributed by atoms with Gasteiger partial charge < -0.3 is 0 Å². The van der Waals surface area contributed by atoms with E-state index < -0.39 is 0 Å². The minimum absolute atomic E-state index is 0.186. The summed E-state index contributed by atoms with van der Waals surface area (Å²) in [5.74, 6) is -0.186. The van der Waals surface area contributed by atoms with E-state index in [1.165, 1.54) is 30.6 Å². The average Bonchev–Trinajstić information content (AvgIpc) is 3.35. The highest BCUT2D eigenvalue weighted by molar-refractivity contribution is 7.14. The van der Waals surface area contributed by atoms with E-state index in [2.05, 4.69) is 20.3 Å². The Morgan fingerprint density at radius 1 is 1.28 bits per heavy atom. The number of hydrogen-bond donors (Lipinski definition) is 1. The Kier molecular flexibility index (Phi) is 6.28. The monoisotopic (exact) mass is 429 g/mol. The maximum Gasteiger partial charge on any atom is 0.260 e. The Hall–Kier alpha value is -2.22. The molecular formula is C21H24ClN5OS. The molecule has 29 heavy (non-hydrogen) atoms. The van der Waals surface area contributed by atoms with E-state index in [1.807, 2.05) is 36.6 Å². The Bertz CT molecular complexity index is 993. The summed E-state index contributed by atoms with van der Waals surface area (Å²) >= 11 is 7.57. The third-order valence-corrected chi connectivity index (χ3v) is 6.15. The molecule has 152 valence electrons. The molecule has 2 aromatic heterocycles. The first-order valence-electron chi connectivity index (χ1n) is 9.95. The molecule has 0 saturated carbocycles. The van der Waals surface area contributed by atoms with Gasteiger partial charge in [-0.25, -0.2) is 9.67 Å². The van der Waals surface area contributed by atoms with Crippen molar-refractivity contribution in [3.63, 3.8) is 0 Å². The third-order valence-electron chi connectivity index (χ3n) is 5.11. The van der Waals surface area contributed by atoms with Gasteiger partial charge in [0.1, 0.15) is 0 Å². The van der Waals surface area contributed by atoms with Gasteiger partial charge in [-0.2, -0.15) is 5.10 Å². The third kappa shape index (κ3) is 4.69. The molecule has 0 spiro atoms. The van der Waals surface area contributed by atoms with Crippen molar-refractivity contribution in [2.45, 2.75) is 39.2 Å². The number of amides is 1. The predicted octanol–water partition coefficient (Wildman–Crippen LogP) is 4.78. The number of piperidine rings is 1. The Morgan fingerprint density at radius 2 is 2.10 bits per heavy atom. The number of benzene rings is 1. The molecule has 1 aliphatic rings. The van der Waals surface area contributed by atoms with E-state index in [-0.39, 0.29) is 5.91 Å². The second kappa shape index (κ2) is 9.07. The fraction of sp³-hybridized carbons (Fsp3) is 0.381. The second-order valence-electron chi connectivity index (χ2n) is 7.19. The molecule has 8 heteroatoms. The first kappa shape index (κ1) is 20.1.